The third kappa shape index (κ3) is 1.81. The first-order chi connectivity index (χ1) is 7.12. The van der Waals surface area contributed by atoms with E-state index in [9.17, 15) is 5.11 Å². The molecular weight excluding hydrogens is 196 g/mol. The average molecular weight is 224 g/mol. The summed E-state index contributed by atoms with van der Waals surface area (Å²) in [6, 6.07) is 0. The highest BCUT2D eigenvalue weighted by Gasteiger charge is 2.58. The van der Waals surface area contributed by atoms with Gasteiger partial charge >= 0.3 is 0 Å². The maximum atomic E-state index is 10.1. The molecule has 16 heavy (non-hydrogen) atoms. The van der Waals surface area contributed by atoms with Crippen molar-refractivity contribution in [2.45, 2.75) is 60.5 Å². The highest BCUT2D eigenvalue weighted by atomic mass is 16.3. The molecular formula is C15H28O. The second-order valence-corrected chi connectivity index (χ2v) is 8.25. The van der Waals surface area contributed by atoms with E-state index in [4.69, 9.17) is 0 Å². The van der Waals surface area contributed by atoms with Crippen LogP contribution in [0.5, 0.6) is 0 Å². The predicted octanol–water partition coefficient (Wildman–Crippen LogP) is 3.71. The molecule has 0 amide bonds. The van der Waals surface area contributed by atoms with Gasteiger partial charge in [0.25, 0.3) is 0 Å². The molecule has 2 saturated carbocycles. The summed E-state index contributed by atoms with van der Waals surface area (Å²) in [5.41, 5.74) is 0.719. The molecule has 1 N–H and O–H groups in total. The molecule has 94 valence electrons. The molecule has 1 nitrogen and oxygen atoms in total. The van der Waals surface area contributed by atoms with E-state index in [0.717, 1.165) is 18.3 Å². The van der Waals surface area contributed by atoms with Crippen molar-refractivity contribution in [1.29, 1.82) is 0 Å². The molecule has 0 aromatic heterocycles. The van der Waals surface area contributed by atoms with E-state index < -0.39 is 0 Å². The fourth-order valence-corrected chi connectivity index (χ4v) is 4.75. The molecule has 2 bridgehead atoms. The quantitative estimate of drug-likeness (QED) is 0.665. The minimum Gasteiger partial charge on any atom is -0.393 e. The summed E-state index contributed by atoms with van der Waals surface area (Å²) in [5, 5.41) is 10.1. The highest BCUT2D eigenvalue weighted by molar-refractivity contribution is 5.07. The van der Waals surface area contributed by atoms with Crippen LogP contribution in [0.25, 0.3) is 0 Å². The van der Waals surface area contributed by atoms with Crippen LogP contribution in [-0.2, 0) is 0 Å². The van der Waals surface area contributed by atoms with Crippen molar-refractivity contribution in [1.82, 2.24) is 0 Å². The molecule has 5 atom stereocenters. The maximum Gasteiger partial charge on any atom is 0.0574 e. The Balaban J connectivity index is 2.32. The van der Waals surface area contributed by atoms with Gasteiger partial charge in [-0.25, -0.2) is 0 Å². The Morgan fingerprint density at radius 2 is 1.31 bits per heavy atom. The van der Waals surface area contributed by atoms with Gasteiger partial charge in [-0.2, -0.15) is 0 Å². The van der Waals surface area contributed by atoms with Crippen molar-refractivity contribution in [3.05, 3.63) is 0 Å². The van der Waals surface area contributed by atoms with Crippen molar-refractivity contribution >= 4 is 0 Å². The molecule has 0 spiro atoms. The SMILES string of the molecule is CC(C)(C)C1C2CC(O)C(C2)C1C(C)(C)C. The van der Waals surface area contributed by atoms with Crippen molar-refractivity contribution in [2.24, 2.45) is 34.5 Å². The standard InChI is InChI=1S/C15H28O/c1-14(2,3)12-9-7-10(11(16)8-9)13(12)15(4,5)6/h9-13,16H,7-8H2,1-6H3. The van der Waals surface area contributed by atoms with Gasteiger partial charge in [-0.1, -0.05) is 41.5 Å². The van der Waals surface area contributed by atoms with E-state index in [1.807, 2.05) is 0 Å². The van der Waals surface area contributed by atoms with Gasteiger partial charge in [-0.05, 0) is 47.3 Å². The fourth-order valence-electron chi connectivity index (χ4n) is 4.75. The van der Waals surface area contributed by atoms with Crippen LogP contribution < -0.4 is 0 Å². The van der Waals surface area contributed by atoms with Crippen LogP contribution in [0.2, 0.25) is 0 Å². The molecule has 0 aromatic rings. The van der Waals surface area contributed by atoms with Gasteiger partial charge in [0.05, 0.1) is 6.10 Å². The van der Waals surface area contributed by atoms with Crippen LogP contribution >= 0.6 is 0 Å². The van der Waals surface area contributed by atoms with Crippen LogP contribution in [0.15, 0.2) is 0 Å². The number of hydrogen-bond donors (Lipinski definition) is 1. The summed E-state index contributed by atoms with van der Waals surface area (Å²) >= 11 is 0. The lowest BCUT2D eigenvalue weighted by Crippen LogP contribution is -2.44. The van der Waals surface area contributed by atoms with Gasteiger partial charge in [0, 0.05) is 0 Å². The lowest BCUT2D eigenvalue weighted by Gasteiger charge is -2.47. The molecule has 0 radical (unpaired) electrons. The lowest BCUT2D eigenvalue weighted by atomic mass is 9.58. The number of rotatable bonds is 0. The predicted molar refractivity (Wildman–Crippen MR) is 68.1 cm³/mol. The zero-order valence-electron chi connectivity index (χ0n) is 11.7. The van der Waals surface area contributed by atoms with E-state index in [-0.39, 0.29) is 6.10 Å². The maximum absolute atomic E-state index is 10.1. The Hall–Kier alpha value is -0.0400. The monoisotopic (exact) mass is 224 g/mol. The van der Waals surface area contributed by atoms with Crippen molar-refractivity contribution < 1.29 is 5.11 Å². The molecule has 0 aliphatic heterocycles. The molecule has 2 fully saturated rings. The van der Waals surface area contributed by atoms with E-state index in [1.165, 1.54) is 6.42 Å². The van der Waals surface area contributed by atoms with E-state index in [1.54, 1.807) is 0 Å². The third-order valence-corrected chi connectivity index (χ3v) is 4.97. The zero-order valence-corrected chi connectivity index (χ0v) is 11.7. The van der Waals surface area contributed by atoms with E-state index in [2.05, 4.69) is 41.5 Å². The van der Waals surface area contributed by atoms with Crippen LogP contribution in [0.4, 0.5) is 0 Å². The molecule has 0 saturated heterocycles. The molecule has 0 aromatic carbocycles. The molecule has 0 heterocycles. The van der Waals surface area contributed by atoms with E-state index >= 15 is 0 Å². The summed E-state index contributed by atoms with van der Waals surface area (Å²) in [7, 11) is 0. The summed E-state index contributed by atoms with van der Waals surface area (Å²) in [4.78, 5) is 0. The van der Waals surface area contributed by atoms with E-state index in [0.29, 0.717) is 22.7 Å². The van der Waals surface area contributed by atoms with Crippen molar-refractivity contribution in [3.8, 4) is 0 Å². The Kier molecular flexibility index (Phi) is 2.70. The van der Waals surface area contributed by atoms with Gasteiger partial charge in [0.15, 0.2) is 0 Å². The Morgan fingerprint density at radius 3 is 1.75 bits per heavy atom. The first-order valence-electron chi connectivity index (χ1n) is 6.80. The number of fused-ring (bicyclic) bond motifs is 2. The lowest BCUT2D eigenvalue weighted by molar-refractivity contribution is -0.0345. The molecule has 1 heteroatoms. The van der Waals surface area contributed by atoms with Gasteiger partial charge in [0.2, 0.25) is 0 Å². The fraction of sp³-hybridized carbons (Fsp3) is 1.00. The molecule has 2 aliphatic carbocycles. The summed E-state index contributed by atoms with van der Waals surface area (Å²) in [5.74, 6) is 2.82. The molecule has 2 rings (SSSR count). The number of hydrogen-bond acceptors (Lipinski definition) is 1. The number of aliphatic hydroxyl groups excluding tert-OH is 1. The average Bonchev–Trinajstić information content (AvgIpc) is 2.55. The van der Waals surface area contributed by atoms with Gasteiger partial charge < -0.3 is 5.11 Å². The second-order valence-electron chi connectivity index (χ2n) is 8.25. The minimum atomic E-state index is -0.0205. The van der Waals surface area contributed by atoms with Gasteiger partial charge in [-0.3, -0.25) is 0 Å². The summed E-state index contributed by atoms with van der Waals surface area (Å²) in [6.07, 6.45) is 2.30. The first kappa shape index (κ1) is 12.4. The second kappa shape index (κ2) is 3.48. The van der Waals surface area contributed by atoms with Crippen molar-refractivity contribution in [2.75, 3.05) is 0 Å². The highest BCUT2D eigenvalue weighted by Crippen LogP contribution is 2.62. The Labute approximate surface area is 101 Å². The van der Waals surface area contributed by atoms with Crippen LogP contribution in [0.1, 0.15) is 54.4 Å². The third-order valence-electron chi connectivity index (χ3n) is 4.97. The summed E-state index contributed by atoms with van der Waals surface area (Å²) in [6.45, 7) is 14.2. The zero-order chi connectivity index (χ0) is 12.3. The number of aliphatic hydroxyl groups is 1. The van der Waals surface area contributed by atoms with Crippen LogP contribution in [0, 0.1) is 34.5 Å². The first-order valence-corrected chi connectivity index (χ1v) is 6.80. The van der Waals surface area contributed by atoms with Gasteiger partial charge in [-0.15, -0.1) is 0 Å². The van der Waals surface area contributed by atoms with Gasteiger partial charge in [0.1, 0.15) is 0 Å². The van der Waals surface area contributed by atoms with Crippen LogP contribution in [-0.4, -0.2) is 11.2 Å². The largest absolute Gasteiger partial charge is 0.393 e. The topological polar surface area (TPSA) is 20.2 Å². The Bertz CT molecular complexity index is 268. The Morgan fingerprint density at radius 1 is 0.812 bits per heavy atom. The smallest absolute Gasteiger partial charge is 0.0574 e. The minimum absolute atomic E-state index is 0.0205. The molecule has 2 aliphatic rings. The van der Waals surface area contributed by atoms with Crippen molar-refractivity contribution in [3.63, 3.8) is 0 Å². The molecule has 5 unspecified atom stereocenters. The normalized spacial score (nSPS) is 44.1. The van der Waals surface area contributed by atoms with Crippen LogP contribution in [0.3, 0.4) is 0 Å². The summed E-state index contributed by atoms with van der Waals surface area (Å²) < 4.78 is 0.